The lowest BCUT2D eigenvalue weighted by atomic mass is 9.48. The molecule has 7 nitrogen and oxygen atoms in total. The molecule has 1 atom stereocenters. The van der Waals surface area contributed by atoms with Gasteiger partial charge >= 0.3 is 5.97 Å². The van der Waals surface area contributed by atoms with Gasteiger partial charge in [0.15, 0.2) is 11.9 Å². The molecule has 0 N–H and O–H groups in total. The van der Waals surface area contributed by atoms with Crippen molar-refractivity contribution in [3.05, 3.63) is 34.9 Å². The molecule has 1 aromatic rings. The fourth-order valence-corrected chi connectivity index (χ4v) is 7.11. The number of hydrogen-bond donors (Lipinski definition) is 0. The first kappa shape index (κ1) is 22.3. The molecule has 2 amide bonds. The average Bonchev–Trinajstić information content (AvgIpc) is 3.02. The van der Waals surface area contributed by atoms with Gasteiger partial charge in [-0.05, 0) is 87.8 Å². The van der Waals surface area contributed by atoms with Gasteiger partial charge in [0.05, 0.1) is 16.7 Å². The van der Waals surface area contributed by atoms with Crippen LogP contribution in [0.3, 0.4) is 0 Å². The monoisotopic (exact) mass is 453 g/mol. The summed E-state index contributed by atoms with van der Waals surface area (Å²) in [6.07, 6.45) is 6.21. The van der Waals surface area contributed by atoms with Crippen LogP contribution in [0.15, 0.2) is 18.2 Å². The van der Waals surface area contributed by atoms with E-state index in [1.54, 1.807) is 14.0 Å². The highest BCUT2D eigenvalue weighted by atomic mass is 16.5. The van der Waals surface area contributed by atoms with Gasteiger partial charge in [-0.15, -0.1) is 0 Å². The summed E-state index contributed by atoms with van der Waals surface area (Å²) in [4.78, 5) is 52.7. The summed E-state index contributed by atoms with van der Waals surface area (Å²) in [7, 11) is 1.56. The second kappa shape index (κ2) is 8.35. The van der Waals surface area contributed by atoms with E-state index in [0.29, 0.717) is 30.8 Å². The van der Waals surface area contributed by atoms with Gasteiger partial charge < -0.3 is 9.47 Å². The molecule has 33 heavy (non-hydrogen) atoms. The molecule has 5 aliphatic rings. The van der Waals surface area contributed by atoms with Gasteiger partial charge in [0.25, 0.3) is 11.8 Å². The SMILES string of the molecule is COCCCN1C(=O)c2ccc(C(=O)O[C@H](C)C(=O)C34CC5CC(CC(C5)C3)C4)cc2C1=O. The largest absolute Gasteiger partial charge is 0.451 e. The molecule has 1 aliphatic heterocycles. The number of hydrogen-bond acceptors (Lipinski definition) is 6. The first-order chi connectivity index (χ1) is 15.8. The van der Waals surface area contributed by atoms with Gasteiger partial charge in [-0.25, -0.2) is 4.79 Å². The molecule has 0 spiro atoms. The number of nitrogens with zero attached hydrogens (tertiary/aromatic N) is 1. The second-order valence-corrected chi connectivity index (χ2v) is 10.5. The third-order valence-corrected chi connectivity index (χ3v) is 8.15. The zero-order chi connectivity index (χ0) is 23.3. The third-order valence-electron chi connectivity index (χ3n) is 8.15. The standard InChI is InChI=1S/C26H31NO6/c1-15(22(28)26-12-16-8-17(13-26)10-18(9-16)14-26)33-25(31)19-4-5-20-21(11-19)24(30)27(23(20)29)6-3-7-32-2/h4-5,11,15-18H,3,6-10,12-14H2,1-2H3/t15-,16?,17?,18?,26?/m1/s1. The number of rotatable bonds is 8. The van der Waals surface area contributed by atoms with E-state index in [4.69, 9.17) is 9.47 Å². The number of Topliss-reactive ketones (excluding diaryl/α,β-unsaturated/α-hetero) is 1. The molecule has 4 saturated carbocycles. The van der Waals surface area contributed by atoms with Crippen molar-refractivity contribution in [1.29, 1.82) is 0 Å². The maximum Gasteiger partial charge on any atom is 0.338 e. The molecule has 7 heteroatoms. The molecule has 0 unspecified atom stereocenters. The van der Waals surface area contributed by atoms with Crippen LogP contribution in [0.4, 0.5) is 0 Å². The average molecular weight is 454 g/mol. The van der Waals surface area contributed by atoms with Crippen molar-refractivity contribution in [3.8, 4) is 0 Å². The molecule has 0 radical (unpaired) electrons. The highest BCUT2D eigenvalue weighted by Crippen LogP contribution is 2.60. The van der Waals surface area contributed by atoms with E-state index in [1.807, 2.05) is 0 Å². The number of ketones is 1. The Morgan fingerprint density at radius 1 is 1.03 bits per heavy atom. The lowest BCUT2D eigenvalue weighted by Crippen LogP contribution is -2.52. The molecule has 0 saturated heterocycles. The van der Waals surface area contributed by atoms with Crippen molar-refractivity contribution in [3.63, 3.8) is 0 Å². The van der Waals surface area contributed by atoms with E-state index >= 15 is 0 Å². The van der Waals surface area contributed by atoms with Crippen molar-refractivity contribution in [2.45, 2.75) is 58.0 Å². The summed E-state index contributed by atoms with van der Waals surface area (Å²) in [5.41, 5.74) is 0.328. The van der Waals surface area contributed by atoms with Crippen molar-refractivity contribution >= 4 is 23.6 Å². The van der Waals surface area contributed by atoms with Crippen LogP contribution in [0.25, 0.3) is 0 Å². The fraction of sp³-hybridized carbons (Fsp3) is 0.615. The summed E-state index contributed by atoms with van der Waals surface area (Å²) < 4.78 is 10.6. The summed E-state index contributed by atoms with van der Waals surface area (Å²) in [6.45, 7) is 2.37. The number of imide groups is 1. The van der Waals surface area contributed by atoms with E-state index in [9.17, 15) is 19.2 Å². The number of carbonyl (C=O) groups is 4. The normalized spacial score (nSPS) is 30.5. The maximum absolute atomic E-state index is 13.4. The molecular weight excluding hydrogens is 422 g/mol. The number of methoxy groups -OCH3 is 1. The Kier molecular flexibility index (Phi) is 5.63. The minimum absolute atomic E-state index is 0.0479. The Hall–Kier alpha value is -2.54. The molecule has 176 valence electrons. The van der Waals surface area contributed by atoms with Crippen LogP contribution >= 0.6 is 0 Å². The predicted molar refractivity (Wildman–Crippen MR) is 119 cm³/mol. The molecule has 4 aliphatic carbocycles. The van der Waals surface area contributed by atoms with E-state index in [2.05, 4.69) is 0 Å². The fourth-order valence-electron chi connectivity index (χ4n) is 7.11. The lowest BCUT2D eigenvalue weighted by molar-refractivity contribution is -0.152. The Bertz CT molecular complexity index is 979. The number of fused-ring (bicyclic) bond motifs is 1. The number of benzene rings is 1. The Morgan fingerprint density at radius 2 is 1.64 bits per heavy atom. The number of amides is 2. The van der Waals surface area contributed by atoms with Gasteiger partial charge in [-0.1, -0.05) is 0 Å². The molecular formula is C26H31NO6. The highest BCUT2D eigenvalue weighted by Gasteiger charge is 2.55. The van der Waals surface area contributed by atoms with Crippen LogP contribution in [-0.2, 0) is 14.3 Å². The molecule has 4 bridgehead atoms. The van der Waals surface area contributed by atoms with Crippen LogP contribution in [0.1, 0.15) is 82.9 Å². The predicted octanol–water partition coefficient (Wildman–Crippen LogP) is 3.65. The quantitative estimate of drug-likeness (QED) is 0.339. The van der Waals surface area contributed by atoms with E-state index in [-0.39, 0.29) is 40.3 Å². The van der Waals surface area contributed by atoms with Gasteiger partial charge in [-0.2, -0.15) is 0 Å². The van der Waals surface area contributed by atoms with Crippen LogP contribution < -0.4 is 0 Å². The van der Waals surface area contributed by atoms with Gasteiger partial charge in [0, 0.05) is 25.7 Å². The minimum atomic E-state index is -0.829. The van der Waals surface area contributed by atoms with Crippen molar-refractivity contribution < 1.29 is 28.7 Å². The molecule has 6 rings (SSSR count). The Morgan fingerprint density at radius 3 is 2.24 bits per heavy atom. The van der Waals surface area contributed by atoms with E-state index in [1.165, 1.54) is 42.4 Å². The molecule has 0 aromatic heterocycles. The van der Waals surface area contributed by atoms with Crippen LogP contribution in [0, 0.1) is 23.2 Å². The zero-order valence-electron chi connectivity index (χ0n) is 19.3. The maximum atomic E-state index is 13.4. The van der Waals surface area contributed by atoms with Crippen molar-refractivity contribution in [2.24, 2.45) is 23.2 Å². The van der Waals surface area contributed by atoms with Gasteiger partial charge in [0.2, 0.25) is 0 Å². The molecule has 1 aromatic carbocycles. The Labute approximate surface area is 193 Å². The topological polar surface area (TPSA) is 90.0 Å². The molecule has 1 heterocycles. The van der Waals surface area contributed by atoms with Crippen molar-refractivity contribution in [2.75, 3.05) is 20.3 Å². The smallest absolute Gasteiger partial charge is 0.338 e. The second-order valence-electron chi connectivity index (χ2n) is 10.5. The van der Waals surface area contributed by atoms with E-state index in [0.717, 1.165) is 19.3 Å². The molecule has 4 fully saturated rings. The van der Waals surface area contributed by atoms with Crippen molar-refractivity contribution in [1.82, 2.24) is 4.90 Å². The van der Waals surface area contributed by atoms with Gasteiger partial charge in [-0.3, -0.25) is 19.3 Å². The number of ether oxygens (including phenoxy) is 2. The Balaban J connectivity index is 1.27. The summed E-state index contributed by atoms with van der Waals surface area (Å²) in [5.74, 6) is 0.531. The lowest BCUT2D eigenvalue weighted by Gasteiger charge is -2.56. The minimum Gasteiger partial charge on any atom is -0.451 e. The first-order valence-corrected chi connectivity index (χ1v) is 12.1. The number of carbonyl (C=O) groups excluding carboxylic acids is 4. The highest BCUT2D eigenvalue weighted by molar-refractivity contribution is 6.22. The van der Waals surface area contributed by atoms with E-state index < -0.39 is 18.0 Å². The number of esters is 1. The van der Waals surface area contributed by atoms with Gasteiger partial charge in [0.1, 0.15) is 0 Å². The van der Waals surface area contributed by atoms with Crippen LogP contribution in [0.5, 0.6) is 0 Å². The zero-order valence-corrected chi connectivity index (χ0v) is 19.3. The van der Waals surface area contributed by atoms with Crippen LogP contribution in [0.2, 0.25) is 0 Å². The van der Waals surface area contributed by atoms with Crippen LogP contribution in [-0.4, -0.2) is 54.8 Å². The first-order valence-electron chi connectivity index (χ1n) is 12.1. The summed E-state index contributed by atoms with van der Waals surface area (Å²) >= 11 is 0. The summed E-state index contributed by atoms with van der Waals surface area (Å²) in [6, 6.07) is 4.40. The summed E-state index contributed by atoms with van der Waals surface area (Å²) in [5, 5.41) is 0. The third kappa shape index (κ3) is 3.80.